The van der Waals surface area contributed by atoms with Gasteiger partial charge in [-0.05, 0) is 0 Å². The molecule has 0 bridgehead atoms. The lowest BCUT2D eigenvalue weighted by atomic mass is 10.2. The Labute approximate surface area is 64.9 Å². The maximum absolute atomic E-state index is 8.78. The Bertz CT molecular complexity index is 140. The van der Waals surface area contributed by atoms with Crippen molar-refractivity contribution in [2.24, 2.45) is 5.92 Å². The van der Waals surface area contributed by atoms with Gasteiger partial charge in [0.25, 0.3) is 0 Å². The van der Waals surface area contributed by atoms with Crippen LogP contribution in [0.4, 0.5) is 0 Å². The number of amidine groups is 1. The number of hydrogen-bond donors (Lipinski definition) is 2. The van der Waals surface area contributed by atoms with Crippen molar-refractivity contribution in [1.29, 1.82) is 5.41 Å². The summed E-state index contributed by atoms with van der Waals surface area (Å²) >= 11 is 1.51. The van der Waals surface area contributed by atoms with Crippen LogP contribution in [0.1, 0.15) is 0 Å². The Morgan fingerprint density at radius 2 is 2.60 bits per heavy atom. The topological polar surface area (TPSA) is 47.3 Å². The van der Waals surface area contributed by atoms with Crippen molar-refractivity contribution >= 4 is 16.9 Å². The van der Waals surface area contributed by atoms with Crippen LogP contribution in [0.5, 0.6) is 0 Å². The van der Waals surface area contributed by atoms with E-state index in [1.54, 1.807) is 0 Å². The lowest BCUT2D eigenvalue weighted by molar-refractivity contribution is 0.218. The van der Waals surface area contributed by atoms with E-state index < -0.39 is 0 Å². The summed E-state index contributed by atoms with van der Waals surface area (Å²) in [5, 5.41) is 16.8. The molecule has 0 aromatic rings. The fourth-order valence-corrected chi connectivity index (χ4v) is 1.84. The quantitative estimate of drug-likeness (QED) is 0.576. The van der Waals surface area contributed by atoms with E-state index in [1.165, 1.54) is 11.8 Å². The van der Waals surface area contributed by atoms with Gasteiger partial charge in [-0.15, -0.1) is 0 Å². The molecule has 3 nitrogen and oxygen atoms in total. The van der Waals surface area contributed by atoms with Crippen molar-refractivity contribution in [3.63, 3.8) is 0 Å². The highest BCUT2D eigenvalue weighted by molar-refractivity contribution is 8.13. The number of hydrogen-bond acceptors (Lipinski definition) is 3. The van der Waals surface area contributed by atoms with E-state index in [0.717, 1.165) is 12.3 Å². The number of thioether (sulfide) groups is 1. The highest BCUT2D eigenvalue weighted by Crippen LogP contribution is 2.18. The van der Waals surface area contributed by atoms with E-state index in [2.05, 4.69) is 0 Å². The minimum Gasteiger partial charge on any atom is -0.396 e. The molecule has 0 aromatic heterocycles. The smallest absolute Gasteiger partial charge is 0.156 e. The zero-order valence-electron chi connectivity index (χ0n) is 6.00. The third-order valence-electron chi connectivity index (χ3n) is 1.59. The molecule has 1 fully saturated rings. The number of nitrogens with zero attached hydrogens (tertiary/aromatic N) is 1. The van der Waals surface area contributed by atoms with Crippen LogP contribution in [0.25, 0.3) is 0 Å². The summed E-state index contributed by atoms with van der Waals surface area (Å²) in [7, 11) is 1.89. The van der Waals surface area contributed by atoms with Gasteiger partial charge in [-0.25, -0.2) is 0 Å². The van der Waals surface area contributed by atoms with E-state index in [4.69, 9.17) is 10.5 Å². The summed E-state index contributed by atoms with van der Waals surface area (Å²) < 4.78 is 0. The molecular weight excluding hydrogens is 148 g/mol. The van der Waals surface area contributed by atoms with E-state index in [0.29, 0.717) is 11.1 Å². The monoisotopic (exact) mass is 160 g/mol. The average molecular weight is 160 g/mol. The van der Waals surface area contributed by atoms with E-state index in [1.807, 2.05) is 11.9 Å². The molecule has 0 spiro atoms. The SMILES string of the molecule is CN1CC(CO)CSC1=N. The molecule has 0 saturated carbocycles. The van der Waals surface area contributed by atoms with Gasteiger partial charge in [0.05, 0.1) is 0 Å². The average Bonchev–Trinajstić information content (AvgIpc) is 1.95. The molecule has 2 N–H and O–H groups in total. The molecule has 58 valence electrons. The number of nitrogens with one attached hydrogen (secondary N) is 1. The van der Waals surface area contributed by atoms with Crippen molar-refractivity contribution in [3.8, 4) is 0 Å². The van der Waals surface area contributed by atoms with Gasteiger partial charge < -0.3 is 10.0 Å². The molecular formula is C6H12N2OS. The predicted molar refractivity (Wildman–Crippen MR) is 43.4 cm³/mol. The van der Waals surface area contributed by atoms with E-state index in [-0.39, 0.29) is 6.61 Å². The Balaban J connectivity index is 2.40. The van der Waals surface area contributed by atoms with Crippen LogP contribution in [-0.2, 0) is 0 Å². The molecule has 0 amide bonds. The van der Waals surface area contributed by atoms with Gasteiger partial charge in [-0.1, -0.05) is 11.8 Å². The first-order chi connectivity index (χ1) is 4.74. The van der Waals surface area contributed by atoms with Crippen LogP contribution in [0.15, 0.2) is 0 Å². The van der Waals surface area contributed by atoms with Crippen LogP contribution in [0.2, 0.25) is 0 Å². The normalized spacial score (nSPS) is 27.2. The molecule has 1 aliphatic heterocycles. The van der Waals surface area contributed by atoms with Gasteiger partial charge >= 0.3 is 0 Å². The van der Waals surface area contributed by atoms with Crippen LogP contribution >= 0.6 is 11.8 Å². The van der Waals surface area contributed by atoms with Crippen LogP contribution in [0, 0.1) is 11.3 Å². The molecule has 1 unspecified atom stereocenters. The summed E-state index contributed by atoms with van der Waals surface area (Å²) in [6.07, 6.45) is 0. The van der Waals surface area contributed by atoms with Crippen LogP contribution in [-0.4, -0.2) is 41.1 Å². The first-order valence-electron chi connectivity index (χ1n) is 3.27. The van der Waals surface area contributed by atoms with Gasteiger partial charge in [0.2, 0.25) is 0 Å². The summed E-state index contributed by atoms with van der Waals surface area (Å²) in [6.45, 7) is 1.06. The maximum Gasteiger partial charge on any atom is 0.156 e. The summed E-state index contributed by atoms with van der Waals surface area (Å²) in [6, 6.07) is 0. The number of aliphatic hydroxyl groups excluding tert-OH is 1. The summed E-state index contributed by atoms with van der Waals surface area (Å²) in [4.78, 5) is 1.87. The Kier molecular flexibility index (Phi) is 2.56. The van der Waals surface area contributed by atoms with Gasteiger partial charge in [0, 0.05) is 31.9 Å². The standard InChI is InChI=1S/C6H12N2OS/c1-8-2-5(3-9)4-10-6(8)7/h5,7,9H,2-4H2,1H3. The third-order valence-corrected chi connectivity index (χ3v) is 2.82. The number of aliphatic hydroxyl groups is 1. The summed E-state index contributed by atoms with van der Waals surface area (Å²) in [5.74, 6) is 1.24. The van der Waals surface area contributed by atoms with Crippen LogP contribution in [0.3, 0.4) is 0 Å². The zero-order chi connectivity index (χ0) is 7.56. The van der Waals surface area contributed by atoms with E-state index in [9.17, 15) is 0 Å². The highest BCUT2D eigenvalue weighted by atomic mass is 32.2. The third kappa shape index (κ3) is 1.64. The largest absolute Gasteiger partial charge is 0.396 e. The molecule has 10 heavy (non-hydrogen) atoms. The van der Waals surface area contributed by atoms with Crippen molar-refractivity contribution < 1.29 is 5.11 Å². The zero-order valence-corrected chi connectivity index (χ0v) is 6.82. The molecule has 0 aliphatic carbocycles. The minimum atomic E-state index is 0.241. The lowest BCUT2D eigenvalue weighted by Crippen LogP contribution is -2.37. The van der Waals surface area contributed by atoms with Crippen molar-refractivity contribution in [1.82, 2.24) is 4.90 Å². The van der Waals surface area contributed by atoms with Crippen LogP contribution < -0.4 is 0 Å². The van der Waals surface area contributed by atoms with Crippen molar-refractivity contribution in [3.05, 3.63) is 0 Å². The molecule has 1 atom stereocenters. The minimum absolute atomic E-state index is 0.241. The summed E-state index contributed by atoms with van der Waals surface area (Å²) in [5.41, 5.74) is 0. The fraction of sp³-hybridized carbons (Fsp3) is 0.833. The highest BCUT2D eigenvalue weighted by Gasteiger charge is 2.19. The molecule has 0 aromatic carbocycles. The molecule has 4 heteroatoms. The molecule has 0 radical (unpaired) electrons. The number of rotatable bonds is 1. The second kappa shape index (κ2) is 3.25. The molecule has 1 saturated heterocycles. The van der Waals surface area contributed by atoms with Gasteiger partial charge in [-0.3, -0.25) is 5.41 Å². The Hall–Kier alpha value is -0.220. The van der Waals surface area contributed by atoms with Gasteiger partial charge in [-0.2, -0.15) is 0 Å². The fourth-order valence-electron chi connectivity index (χ4n) is 0.940. The second-order valence-electron chi connectivity index (χ2n) is 2.55. The Morgan fingerprint density at radius 3 is 3.10 bits per heavy atom. The first-order valence-corrected chi connectivity index (χ1v) is 4.26. The Morgan fingerprint density at radius 1 is 1.90 bits per heavy atom. The first kappa shape index (κ1) is 7.88. The second-order valence-corrected chi connectivity index (χ2v) is 3.55. The van der Waals surface area contributed by atoms with Gasteiger partial charge in [0.1, 0.15) is 0 Å². The van der Waals surface area contributed by atoms with Gasteiger partial charge in [0.15, 0.2) is 5.17 Å². The van der Waals surface area contributed by atoms with E-state index >= 15 is 0 Å². The molecule has 1 rings (SSSR count). The molecule has 1 heterocycles. The van der Waals surface area contributed by atoms with Crippen molar-refractivity contribution in [2.75, 3.05) is 26.0 Å². The maximum atomic E-state index is 8.78. The van der Waals surface area contributed by atoms with Crippen molar-refractivity contribution in [2.45, 2.75) is 0 Å². The predicted octanol–water partition coefficient (Wildman–Crippen LogP) is 0.208. The molecule has 1 aliphatic rings. The lowest BCUT2D eigenvalue weighted by Gasteiger charge is -2.29.